The number of hydrogen-bond donors (Lipinski definition) is 1. The number of nitrogens with one attached hydrogen (secondary N) is 1. The van der Waals surface area contributed by atoms with Crippen molar-refractivity contribution in [2.45, 2.75) is 19.9 Å². The van der Waals surface area contributed by atoms with E-state index in [0.29, 0.717) is 18.7 Å². The Morgan fingerprint density at radius 3 is 2.84 bits per heavy atom. The van der Waals surface area contributed by atoms with Gasteiger partial charge < -0.3 is 10.2 Å². The molecule has 2 rings (SSSR count). The molecule has 1 heterocycles. The third-order valence-electron chi connectivity index (χ3n) is 3.18. The van der Waals surface area contributed by atoms with Gasteiger partial charge in [0.1, 0.15) is 0 Å². The molecule has 1 atom stereocenters. The topological polar surface area (TPSA) is 75.5 Å². The van der Waals surface area contributed by atoms with Gasteiger partial charge >= 0.3 is 0 Å². The molecular formula is C13H17N3O3. The Morgan fingerprint density at radius 1 is 1.47 bits per heavy atom. The lowest BCUT2D eigenvalue weighted by Crippen LogP contribution is -2.51. The number of nitrogens with zero attached hydrogens (tertiary/aromatic N) is 2. The number of amides is 1. The van der Waals surface area contributed by atoms with E-state index in [1.54, 1.807) is 17.9 Å². The maximum Gasteiger partial charge on any atom is 0.270 e. The Hall–Kier alpha value is -1.95. The van der Waals surface area contributed by atoms with E-state index < -0.39 is 4.92 Å². The fourth-order valence-corrected chi connectivity index (χ4v) is 2.29. The van der Waals surface area contributed by atoms with Crippen LogP contribution in [0, 0.1) is 17.0 Å². The number of nitro groups is 1. The predicted octanol–water partition coefficient (Wildman–Crippen LogP) is 1.34. The number of nitro benzene ring substituents is 1. The lowest BCUT2D eigenvalue weighted by Gasteiger charge is -2.32. The molecule has 1 aromatic rings. The summed E-state index contributed by atoms with van der Waals surface area (Å²) in [6, 6.07) is 4.76. The summed E-state index contributed by atoms with van der Waals surface area (Å²) in [5.74, 6) is -0.139. The van der Waals surface area contributed by atoms with Crippen LogP contribution in [0.2, 0.25) is 0 Å². The third kappa shape index (κ3) is 3.08. The van der Waals surface area contributed by atoms with Crippen molar-refractivity contribution in [3.8, 4) is 0 Å². The summed E-state index contributed by atoms with van der Waals surface area (Å²) >= 11 is 0. The molecule has 1 fully saturated rings. The molecule has 0 saturated carbocycles. The van der Waals surface area contributed by atoms with Gasteiger partial charge in [-0.1, -0.05) is 0 Å². The minimum atomic E-state index is -0.468. The van der Waals surface area contributed by atoms with Gasteiger partial charge in [0, 0.05) is 43.4 Å². The summed E-state index contributed by atoms with van der Waals surface area (Å²) in [7, 11) is 0. The van der Waals surface area contributed by atoms with E-state index in [1.165, 1.54) is 12.1 Å². The Kier molecular flexibility index (Phi) is 3.80. The van der Waals surface area contributed by atoms with Crippen LogP contribution in [0.3, 0.4) is 0 Å². The molecule has 0 bridgehead atoms. The molecule has 102 valence electrons. The first-order valence-corrected chi connectivity index (χ1v) is 6.26. The molecule has 0 radical (unpaired) electrons. The second-order valence-corrected chi connectivity index (χ2v) is 4.92. The number of rotatable bonds is 2. The maximum absolute atomic E-state index is 12.3. The first-order valence-electron chi connectivity index (χ1n) is 6.26. The molecule has 1 amide bonds. The Balaban J connectivity index is 2.25. The van der Waals surface area contributed by atoms with Crippen molar-refractivity contribution in [2.24, 2.45) is 0 Å². The first kappa shape index (κ1) is 13.5. The highest BCUT2D eigenvalue weighted by molar-refractivity contribution is 5.95. The van der Waals surface area contributed by atoms with Crippen LogP contribution in [-0.2, 0) is 0 Å². The summed E-state index contributed by atoms with van der Waals surface area (Å²) in [5.41, 5.74) is 1.08. The summed E-state index contributed by atoms with van der Waals surface area (Å²) < 4.78 is 0. The molecule has 6 nitrogen and oxygen atoms in total. The number of hydrogen-bond acceptors (Lipinski definition) is 4. The van der Waals surface area contributed by atoms with Gasteiger partial charge in [-0.05, 0) is 25.5 Å². The molecule has 1 N–H and O–H groups in total. The highest BCUT2D eigenvalue weighted by Gasteiger charge is 2.23. The smallest absolute Gasteiger partial charge is 0.270 e. The lowest BCUT2D eigenvalue weighted by molar-refractivity contribution is -0.384. The average Bonchev–Trinajstić information content (AvgIpc) is 2.37. The average molecular weight is 263 g/mol. The van der Waals surface area contributed by atoms with Crippen LogP contribution in [0.4, 0.5) is 5.69 Å². The zero-order valence-electron chi connectivity index (χ0n) is 11.0. The predicted molar refractivity (Wildman–Crippen MR) is 71.2 cm³/mol. The second kappa shape index (κ2) is 5.36. The second-order valence-electron chi connectivity index (χ2n) is 4.92. The third-order valence-corrected chi connectivity index (χ3v) is 3.18. The van der Waals surface area contributed by atoms with Crippen LogP contribution in [0.5, 0.6) is 0 Å². The molecule has 1 aliphatic rings. The molecule has 0 spiro atoms. The van der Waals surface area contributed by atoms with Crippen molar-refractivity contribution in [1.29, 1.82) is 0 Å². The van der Waals surface area contributed by atoms with Crippen molar-refractivity contribution < 1.29 is 9.72 Å². The minimum Gasteiger partial charge on any atom is -0.336 e. The van der Waals surface area contributed by atoms with Crippen LogP contribution in [-0.4, -0.2) is 41.4 Å². The summed E-state index contributed by atoms with van der Waals surface area (Å²) in [6.07, 6.45) is 0. The molecule has 0 aliphatic carbocycles. The van der Waals surface area contributed by atoms with Gasteiger partial charge in [0.15, 0.2) is 0 Å². The maximum atomic E-state index is 12.3. The van der Waals surface area contributed by atoms with E-state index in [9.17, 15) is 14.9 Å². The summed E-state index contributed by atoms with van der Waals surface area (Å²) in [5, 5.41) is 14.1. The molecule has 6 heteroatoms. The van der Waals surface area contributed by atoms with E-state index in [1.807, 2.05) is 6.92 Å². The van der Waals surface area contributed by atoms with Crippen LogP contribution in [0.25, 0.3) is 0 Å². The molecule has 1 saturated heterocycles. The number of carbonyl (C=O) groups excluding carboxylic acids is 1. The minimum absolute atomic E-state index is 0.0356. The van der Waals surface area contributed by atoms with Crippen molar-refractivity contribution in [3.63, 3.8) is 0 Å². The van der Waals surface area contributed by atoms with Crippen LogP contribution >= 0.6 is 0 Å². The van der Waals surface area contributed by atoms with Gasteiger partial charge in [0.2, 0.25) is 0 Å². The van der Waals surface area contributed by atoms with Gasteiger partial charge in [-0.3, -0.25) is 14.9 Å². The quantitative estimate of drug-likeness (QED) is 0.645. The zero-order chi connectivity index (χ0) is 14.0. The SMILES string of the molecule is Cc1cc(C(=O)N2CCN[C@@H](C)C2)cc([N+](=O)[O-])c1. The Morgan fingerprint density at radius 2 is 2.21 bits per heavy atom. The highest BCUT2D eigenvalue weighted by Crippen LogP contribution is 2.18. The molecular weight excluding hydrogens is 246 g/mol. The van der Waals surface area contributed by atoms with Crippen molar-refractivity contribution in [3.05, 3.63) is 39.4 Å². The van der Waals surface area contributed by atoms with Crippen molar-refractivity contribution in [1.82, 2.24) is 10.2 Å². The van der Waals surface area contributed by atoms with E-state index in [0.717, 1.165) is 12.1 Å². The summed E-state index contributed by atoms with van der Waals surface area (Å²) in [4.78, 5) is 24.4. The van der Waals surface area contributed by atoms with E-state index in [4.69, 9.17) is 0 Å². The normalized spacial score (nSPS) is 19.3. The van der Waals surface area contributed by atoms with E-state index in [-0.39, 0.29) is 17.6 Å². The Labute approximate surface area is 111 Å². The van der Waals surface area contributed by atoms with Gasteiger partial charge in [-0.2, -0.15) is 0 Å². The van der Waals surface area contributed by atoms with Crippen LogP contribution < -0.4 is 5.32 Å². The van der Waals surface area contributed by atoms with Crippen molar-refractivity contribution >= 4 is 11.6 Å². The summed E-state index contributed by atoms with van der Waals surface area (Å²) in [6.45, 7) is 5.77. The fourth-order valence-electron chi connectivity index (χ4n) is 2.29. The standard InChI is InChI=1S/C13H17N3O3/c1-9-5-11(7-12(6-9)16(18)19)13(17)15-4-3-14-10(2)8-15/h5-7,10,14H,3-4,8H2,1-2H3/t10-/m0/s1. The number of carbonyl (C=O) groups is 1. The van der Waals surface area contributed by atoms with Crippen molar-refractivity contribution in [2.75, 3.05) is 19.6 Å². The number of aryl methyl sites for hydroxylation is 1. The largest absolute Gasteiger partial charge is 0.336 e. The molecule has 0 aromatic heterocycles. The molecule has 1 aliphatic heterocycles. The molecule has 1 aromatic carbocycles. The molecule has 0 unspecified atom stereocenters. The van der Waals surface area contributed by atoms with E-state index in [2.05, 4.69) is 5.32 Å². The highest BCUT2D eigenvalue weighted by atomic mass is 16.6. The van der Waals surface area contributed by atoms with Crippen LogP contribution in [0.15, 0.2) is 18.2 Å². The van der Waals surface area contributed by atoms with Gasteiger partial charge in [0.05, 0.1) is 4.92 Å². The van der Waals surface area contributed by atoms with E-state index >= 15 is 0 Å². The fraction of sp³-hybridized carbons (Fsp3) is 0.462. The van der Waals surface area contributed by atoms with Gasteiger partial charge in [0.25, 0.3) is 11.6 Å². The van der Waals surface area contributed by atoms with Gasteiger partial charge in [-0.15, -0.1) is 0 Å². The first-order chi connectivity index (χ1) is 8.97. The van der Waals surface area contributed by atoms with Gasteiger partial charge in [-0.25, -0.2) is 0 Å². The Bertz CT molecular complexity index is 516. The lowest BCUT2D eigenvalue weighted by atomic mass is 10.1. The number of piperazine rings is 1. The number of benzene rings is 1. The number of non-ortho nitro benzene ring substituents is 1. The molecule has 19 heavy (non-hydrogen) atoms. The van der Waals surface area contributed by atoms with Crippen LogP contribution in [0.1, 0.15) is 22.8 Å². The monoisotopic (exact) mass is 263 g/mol. The zero-order valence-corrected chi connectivity index (χ0v) is 11.0.